The molecule has 20 heavy (non-hydrogen) atoms. The largest absolute Gasteiger partial charge is 0.393 e. The third kappa shape index (κ3) is 5.34. The lowest BCUT2D eigenvalue weighted by Crippen LogP contribution is -2.51. The number of hydrogen-bond acceptors (Lipinski definition) is 3. The number of aliphatic hydroxyl groups excluding tert-OH is 1. The van der Waals surface area contributed by atoms with Crippen LogP contribution >= 0.6 is 0 Å². The predicted molar refractivity (Wildman–Crippen MR) is 84.8 cm³/mol. The first-order valence-electron chi connectivity index (χ1n) is 8.51. The molecule has 2 fully saturated rings. The topological polar surface area (TPSA) is 35.5 Å². The number of hydrogen-bond donors (Lipinski definition) is 2. The lowest BCUT2D eigenvalue weighted by molar-refractivity contribution is 0.0752. The van der Waals surface area contributed by atoms with Gasteiger partial charge < -0.3 is 15.3 Å². The number of likely N-dealkylation sites (tertiary alicyclic amines) is 1. The van der Waals surface area contributed by atoms with Gasteiger partial charge in [-0.05, 0) is 49.5 Å². The highest BCUT2D eigenvalue weighted by Gasteiger charge is 2.34. The molecule has 118 valence electrons. The fourth-order valence-corrected chi connectivity index (χ4v) is 3.35. The summed E-state index contributed by atoms with van der Waals surface area (Å²) in [6.45, 7) is 13.7. The minimum absolute atomic E-state index is 0.0416. The summed E-state index contributed by atoms with van der Waals surface area (Å²) in [6, 6.07) is 0.597. The smallest absolute Gasteiger partial charge is 0.0571 e. The Morgan fingerprint density at radius 2 is 1.95 bits per heavy atom. The summed E-state index contributed by atoms with van der Waals surface area (Å²) in [7, 11) is 0. The van der Waals surface area contributed by atoms with Gasteiger partial charge in [-0.3, -0.25) is 0 Å². The average molecular weight is 282 g/mol. The number of nitrogens with zero attached hydrogens (tertiary/aromatic N) is 1. The summed E-state index contributed by atoms with van der Waals surface area (Å²) in [5.41, 5.74) is 0.345. The molecular weight excluding hydrogens is 248 g/mol. The van der Waals surface area contributed by atoms with E-state index >= 15 is 0 Å². The van der Waals surface area contributed by atoms with Gasteiger partial charge in [0.25, 0.3) is 0 Å². The quantitative estimate of drug-likeness (QED) is 0.786. The van der Waals surface area contributed by atoms with Crippen molar-refractivity contribution in [2.45, 2.75) is 65.5 Å². The van der Waals surface area contributed by atoms with Crippen LogP contribution in [0.1, 0.15) is 53.4 Å². The standard InChI is InChI=1S/C17H34N2O/c1-5-19-10-13(9-16(20)14-6-7-14)8-15(11-19)18-12-17(2,3)4/h13-16,18,20H,5-12H2,1-4H3. The van der Waals surface area contributed by atoms with Crippen molar-refractivity contribution < 1.29 is 5.11 Å². The summed E-state index contributed by atoms with van der Waals surface area (Å²) in [5, 5.41) is 14.0. The first kappa shape index (κ1) is 16.3. The molecule has 0 aromatic carbocycles. The van der Waals surface area contributed by atoms with Crippen LogP contribution in [0.4, 0.5) is 0 Å². The van der Waals surface area contributed by atoms with Gasteiger partial charge in [0.05, 0.1) is 6.10 Å². The Labute approximate surface area is 125 Å². The van der Waals surface area contributed by atoms with Crippen molar-refractivity contribution in [2.24, 2.45) is 17.3 Å². The summed E-state index contributed by atoms with van der Waals surface area (Å²) in [6.07, 6.45) is 4.69. The molecule has 1 aliphatic heterocycles. The molecule has 2 N–H and O–H groups in total. The molecule has 0 aromatic heterocycles. The maximum atomic E-state index is 10.2. The molecular formula is C17H34N2O. The molecule has 0 aromatic rings. The van der Waals surface area contributed by atoms with Gasteiger partial charge in [-0.2, -0.15) is 0 Å². The van der Waals surface area contributed by atoms with Crippen molar-refractivity contribution in [3.8, 4) is 0 Å². The van der Waals surface area contributed by atoms with Crippen LogP contribution in [0.25, 0.3) is 0 Å². The average Bonchev–Trinajstić information content (AvgIpc) is 3.19. The predicted octanol–water partition coefficient (Wildman–Crippen LogP) is 2.49. The van der Waals surface area contributed by atoms with Crippen LogP contribution in [0.5, 0.6) is 0 Å². The lowest BCUT2D eigenvalue weighted by atomic mass is 9.87. The molecule has 1 saturated heterocycles. The highest BCUT2D eigenvalue weighted by atomic mass is 16.3. The van der Waals surface area contributed by atoms with Crippen molar-refractivity contribution >= 4 is 0 Å². The molecule has 0 bridgehead atoms. The number of aliphatic hydroxyl groups is 1. The molecule has 3 unspecified atom stereocenters. The molecule has 0 spiro atoms. The second-order valence-electron chi connectivity index (χ2n) is 8.23. The van der Waals surface area contributed by atoms with Crippen molar-refractivity contribution in [1.82, 2.24) is 10.2 Å². The molecule has 3 nitrogen and oxygen atoms in total. The second-order valence-corrected chi connectivity index (χ2v) is 8.23. The molecule has 1 saturated carbocycles. The van der Waals surface area contributed by atoms with Crippen molar-refractivity contribution in [2.75, 3.05) is 26.2 Å². The van der Waals surface area contributed by atoms with E-state index in [9.17, 15) is 5.11 Å². The number of piperidine rings is 1. The zero-order valence-electron chi connectivity index (χ0n) is 13.9. The van der Waals surface area contributed by atoms with Crippen LogP contribution in [-0.4, -0.2) is 48.3 Å². The third-order valence-corrected chi connectivity index (χ3v) is 4.72. The fraction of sp³-hybridized carbons (Fsp3) is 1.00. The van der Waals surface area contributed by atoms with Gasteiger partial charge in [0.15, 0.2) is 0 Å². The molecule has 3 heteroatoms. The molecule has 0 amide bonds. The van der Waals surface area contributed by atoms with E-state index in [1.54, 1.807) is 0 Å². The minimum Gasteiger partial charge on any atom is -0.393 e. The van der Waals surface area contributed by atoms with Crippen LogP contribution in [0, 0.1) is 17.3 Å². The normalized spacial score (nSPS) is 30.4. The van der Waals surface area contributed by atoms with Crippen molar-refractivity contribution in [3.05, 3.63) is 0 Å². The highest BCUT2D eigenvalue weighted by Crippen LogP contribution is 2.36. The Hall–Kier alpha value is -0.120. The van der Waals surface area contributed by atoms with Crippen LogP contribution in [0.15, 0.2) is 0 Å². The number of rotatable bonds is 6. The zero-order chi connectivity index (χ0) is 14.8. The molecule has 2 rings (SSSR count). The second kappa shape index (κ2) is 6.76. The van der Waals surface area contributed by atoms with Crippen LogP contribution in [0.2, 0.25) is 0 Å². The highest BCUT2D eigenvalue weighted by molar-refractivity contribution is 4.88. The van der Waals surface area contributed by atoms with Gasteiger partial charge in [-0.15, -0.1) is 0 Å². The summed E-state index contributed by atoms with van der Waals surface area (Å²) in [4.78, 5) is 2.55. The van der Waals surface area contributed by atoms with E-state index in [2.05, 4.69) is 37.9 Å². The maximum absolute atomic E-state index is 10.2. The van der Waals surface area contributed by atoms with Gasteiger partial charge in [0.1, 0.15) is 0 Å². The van der Waals surface area contributed by atoms with E-state index in [0.29, 0.717) is 23.3 Å². The van der Waals surface area contributed by atoms with Gasteiger partial charge in [0, 0.05) is 25.7 Å². The molecule has 3 atom stereocenters. The first-order chi connectivity index (χ1) is 9.37. The Morgan fingerprint density at radius 3 is 2.50 bits per heavy atom. The summed E-state index contributed by atoms with van der Waals surface area (Å²) in [5.74, 6) is 1.28. The Bertz CT molecular complexity index is 296. The Morgan fingerprint density at radius 1 is 1.25 bits per heavy atom. The van der Waals surface area contributed by atoms with Crippen molar-refractivity contribution in [3.63, 3.8) is 0 Å². The van der Waals surface area contributed by atoms with E-state index in [1.165, 1.54) is 32.4 Å². The van der Waals surface area contributed by atoms with E-state index in [1.807, 2.05) is 0 Å². The zero-order valence-corrected chi connectivity index (χ0v) is 13.9. The van der Waals surface area contributed by atoms with Crippen LogP contribution < -0.4 is 5.32 Å². The minimum atomic E-state index is -0.0416. The lowest BCUT2D eigenvalue weighted by Gasteiger charge is -2.39. The maximum Gasteiger partial charge on any atom is 0.0571 e. The van der Waals surface area contributed by atoms with Gasteiger partial charge >= 0.3 is 0 Å². The number of nitrogens with one attached hydrogen (secondary N) is 1. The summed E-state index contributed by atoms with van der Waals surface area (Å²) >= 11 is 0. The van der Waals surface area contributed by atoms with Crippen LogP contribution in [0.3, 0.4) is 0 Å². The van der Waals surface area contributed by atoms with E-state index in [0.717, 1.165) is 19.5 Å². The summed E-state index contributed by atoms with van der Waals surface area (Å²) < 4.78 is 0. The molecule has 1 heterocycles. The van der Waals surface area contributed by atoms with Gasteiger partial charge in [-0.1, -0.05) is 27.7 Å². The van der Waals surface area contributed by atoms with E-state index in [-0.39, 0.29) is 6.10 Å². The first-order valence-corrected chi connectivity index (χ1v) is 8.51. The monoisotopic (exact) mass is 282 g/mol. The van der Waals surface area contributed by atoms with Gasteiger partial charge in [-0.25, -0.2) is 0 Å². The Balaban J connectivity index is 1.82. The Kier molecular flexibility index (Phi) is 5.49. The molecule has 0 radical (unpaired) electrons. The van der Waals surface area contributed by atoms with Gasteiger partial charge in [0.2, 0.25) is 0 Å². The fourth-order valence-electron chi connectivity index (χ4n) is 3.35. The molecule has 1 aliphatic carbocycles. The third-order valence-electron chi connectivity index (χ3n) is 4.72. The molecule has 2 aliphatic rings. The van der Waals surface area contributed by atoms with Crippen molar-refractivity contribution in [1.29, 1.82) is 0 Å². The SMILES string of the molecule is CCN1CC(CC(O)C2CC2)CC(NCC(C)(C)C)C1. The van der Waals surface area contributed by atoms with Crippen LogP contribution in [-0.2, 0) is 0 Å². The van der Waals surface area contributed by atoms with E-state index in [4.69, 9.17) is 0 Å². The number of likely N-dealkylation sites (N-methyl/N-ethyl adjacent to an activating group) is 1. The van der Waals surface area contributed by atoms with E-state index < -0.39 is 0 Å².